The molecule has 0 radical (unpaired) electrons. The fourth-order valence-corrected chi connectivity index (χ4v) is 3.61. The third kappa shape index (κ3) is 3.60. The Morgan fingerprint density at radius 3 is 2.73 bits per heavy atom. The predicted octanol–water partition coefficient (Wildman–Crippen LogP) is 2.23. The van der Waals surface area contributed by atoms with Gasteiger partial charge in [0, 0.05) is 24.7 Å². The van der Waals surface area contributed by atoms with Crippen molar-refractivity contribution in [3.63, 3.8) is 0 Å². The minimum Gasteiger partial charge on any atom is -0.496 e. The van der Waals surface area contributed by atoms with E-state index in [4.69, 9.17) is 4.74 Å². The first-order chi connectivity index (χ1) is 14.4. The minimum atomic E-state index is -0.600. The van der Waals surface area contributed by atoms with Crippen molar-refractivity contribution in [2.24, 2.45) is 0 Å². The number of carbonyl (C=O) groups excluding carboxylic acids is 1. The molecule has 1 saturated carbocycles. The molecule has 0 unspecified atom stereocenters. The zero-order valence-corrected chi connectivity index (χ0v) is 17.2. The number of nitrogens with zero attached hydrogens (tertiary/aromatic N) is 2. The summed E-state index contributed by atoms with van der Waals surface area (Å²) >= 11 is 0. The molecule has 0 atom stereocenters. The van der Waals surface area contributed by atoms with Gasteiger partial charge in [0.05, 0.1) is 18.1 Å². The molecule has 1 aromatic carbocycles. The summed E-state index contributed by atoms with van der Waals surface area (Å²) < 4.78 is 6.73. The van der Waals surface area contributed by atoms with Gasteiger partial charge < -0.3 is 10.1 Å². The Bertz CT molecular complexity index is 1250. The lowest BCUT2D eigenvalue weighted by molar-refractivity contribution is 0.0952. The van der Waals surface area contributed by atoms with Gasteiger partial charge in [0.15, 0.2) is 5.65 Å². The van der Waals surface area contributed by atoms with Crippen molar-refractivity contribution in [3.05, 3.63) is 67.5 Å². The van der Waals surface area contributed by atoms with Crippen LogP contribution in [0.4, 0.5) is 0 Å². The molecule has 2 aromatic heterocycles. The van der Waals surface area contributed by atoms with E-state index in [9.17, 15) is 14.4 Å². The van der Waals surface area contributed by atoms with E-state index in [0.29, 0.717) is 6.54 Å². The number of aromatic nitrogens is 3. The Labute approximate surface area is 172 Å². The Morgan fingerprint density at radius 1 is 1.30 bits per heavy atom. The zero-order chi connectivity index (χ0) is 21.4. The van der Waals surface area contributed by atoms with Crippen LogP contribution in [-0.4, -0.2) is 27.6 Å². The van der Waals surface area contributed by atoms with Crippen molar-refractivity contribution >= 4 is 16.9 Å². The van der Waals surface area contributed by atoms with Crippen molar-refractivity contribution in [1.29, 1.82) is 0 Å². The number of hydrogen-bond donors (Lipinski definition) is 2. The lowest BCUT2D eigenvalue weighted by Crippen LogP contribution is -2.33. The molecule has 2 heterocycles. The number of benzene rings is 1. The summed E-state index contributed by atoms with van der Waals surface area (Å²) in [5, 5.41) is 3.02. The van der Waals surface area contributed by atoms with Crippen LogP contribution in [0.5, 0.6) is 5.75 Å². The highest BCUT2D eigenvalue weighted by Crippen LogP contribution is 2.39. The number of methoxy groups -OCH3 is 1. The molecule has 156 valence electrons. The third-order valence-electron chi connectivity index (χ3n) is 5.45. The van der Waals surface area contributed by atoms with Crippen molar-refractivity contribution in [3.8, 4) is 5.75 Å². The van der Waals surface area contributed by atoms with Gasteiger partial charge in [0.2, 0.25) is 0 Å². The number of ether oxygens (including phenoxy) is 1. The molecule has 1 amide bonds. The van der Waals surface area contributed by atoms with E-state index in [1.165, 1.54) is 4.57 Å². The first-order valence-electron chi connectivity index (χ1n) is 10.0. The number of aromatic amines is 1. The van der Waals surface area contributed by atoms with E-state index in [-0.39, 0.29) is 35.0 Å². The van der Waals surface area contributed by atoms with Crippen molar-refractivity contribution < 1.29 is 9.53 Å². The van der Waals surface area contributed by atoms with Gasteiger partial charge in [0.25, 0.3) is 11.5 Å². The summed E-state index contributed by atoms with van der Waals surface area (Å²) in [6.07, 6.45) is 1.98. The number of H-pyrrole nitrogens is 1. The molecule has 1 aliphatic rings. The van der Waals surface area contributed by atoms with Gasteiger partial charge in [-0.15, -0.1) is 0 Å². The van der Waals surface area contributed by atoms with Crippen LogP contribution < -0.4 is 21.3 Å². The summed E-state index contributed by atoms with van der Waals surface area (Å²) in [7, 11) is 1.60. The first-order valence-corrected chi connectivity index (χ1v) is 10.0. The second kappa shape index (κ2) is 7.78. The molecule has 2 N–H and O–H groups in total. The third-order valence-corrected chi connectivity index (χ3v) is 5.45. The molecule has 0 bridgehead atoms. The summed E-state index contributed by atoms with van der Waals surface area (Å²) in [6, 6.07) is 7.40. The fourth-order valence-electron chi connectivity index (χ4n) is 3.61. The van der Waals surface area contributed by atoms with Gasteiger partial charge >= 0.3 is 5.69 Å². The molecule has 4 rings (SSSR count). The Kier molecular flexibility index (Phi) is 5.15. The quantitative estimate of drug-likeness (QED) is 0.651. The predicted molar refractivity (Wildman–Crippen MR) is 113 cm³/mol. The minimum absolute atomic E-state index is 0.139. The normalized spacial score (nSPS) is 13.4. The maximum Gasteiger partial charge on any atom is 0.329 e. The van der Waals surface area contributed by atoms with E-state index < -0.39 is 11.2 Å². The van der Waals surface area contributed by atoms with Crippen molar-refractivity contribution in [1.82, 2.24) is 19.9 Å². The van der Waals surface area contributed by atoms with Gasteiger partial charge in [0.1, 0.15) is 5.75 Å². The molecule has 0 aliphatic heterocycles. The number of rotatable bonds is 6. The molecule has 8 heteroatoms. The average molecular weight is 408 g/mol. The highest BCUT2D eigenvalue weighted by atomic mass is 16.5. The number of amides is 1. The Morgan fingerprint density at radius 2 is 2.07 bits per heavy atom. The number of aryl methyl sites for hydroxylation is 2. The van der Waals surface area contributed by atoms with E-state index >= 15 is 0 Å². The Hall–Kier alpha value is -3.42. The smallest absolute Gasteiger partial charge is 0.329 e. The molecule has 8 nitrogen and oxygen atoms in total. The summed E-state index contributed by atoms with van der Waals surface area (Å²) in [4.78, 5) is 44.7. The molecule has 0 saturated heterocycles. The average Bonchev–Trinajstić information content (AvgIpc) is 3.57. The SMILES string of the molecule is CCn1c(=O)[nH]c(=O)c2c(C(=O)NCc3ccc(C)c(OC)c3)cc(C3CC3)nc21. The summed E-state index contributed by atoms with van der Waals surface area (Å²) in [5.74, 6) is 0.633. The number of hydrogen-bond acceptors (Lipinski definition) is 5. The number of pyridine rings is 1. The molecule has 0 spiro atoms. The van der Waals surface area contributed by atoms with Crippen molar-refractivity contribution in [2.75, 3.05) is 7.11 Å². The largest absolute Gasteiger partial charge is 0.496 e. The topological polar surface area (TPSA) is 106 Å². The maximum atomic E-state index is 13.1. The van der Waals surface area contributed by atoms with Crippen LogP contribution in [0.3, 0.4) is 0 Å². The van der Waals surface area contributed by atoms with Crippen LogP contribution in [0.25, 0.3) is 11.0 Å². The van der Waals surface area contributed by atoms with E-state index in [1.807, 2.05) is 25.1 Å². The summed E-state index contributed by atoms with van der Waals surface area (Å²) in [6.45, 7) is 4.37. The lowest BCUT2D eigenvalue weighted by Gasteiger charge is -2.13. The fraction of sp³-hybridized carbons (Fsp3) is 0.364. The van der Waals surface area contributed by atoms with E-state index in [0.717, 1.165) is 35.4 Å². The van der Waals surface area contributed by atoms with Gasteiger partial charge in [-0.1, -0.05) is 12.1 Å². The molecule has 30 heavy (non-hydrogen) atoms. The zero-order valence-electron chi connectivity index (χ0n) is 17.2. The molecular weight excluding hydrogens is 384 g/mol. The second-order valence-electron chi connectivity index (χ2n) is 7.56. The monoisotopic (exact) mass is 408 g/mol. The van der Waals surface area contributed by atoms with E-state index in [1.54, 1.807) is 20.1 Å². The molecule has 1 fully saturated rings. The van der Waals surface area contributed by atoms with Gasteiger partial charge in [-0.05, 0) is 49.9 Å². The molecule has 1 aliphatic carbocycles. The van der Waals surface area contributed by atoms with Crippen LogP contribution in [0.2, 0.25) is 0 Å². The number of nitrogens with one attached hydrogen (secondary N) is 2. The Balaban J connectivity index is 1.75. The number of fused-ring (bicyclic) bond motifs is 1. The van der Waals surface area contributed by atoms with Crippen LogP contribution in [0.15, 0.2) is 33.9 Å². The van der Waals surface area contributed by atoms with Gasteiger partial charge in [-0.2, -0.15) is 0 Å². The lowest BCUT2D eigenvalue weighted by atomic mass is 10.1. The molecule has 3 aromatic rings. The van der Waals surface area contributed by atoms with Crippen LogP contribution in [-0.2, 0) is 13.1 Å². The first kappa shape index (κ1) is 19.9. The highest BCUT2D eigenvalue weighted by Gasteiger charge is 2.28. The molecular formula is C22H24N4O4. The van der Waals surface area contributed by atoms with Crippen molar-refractivity contribution in [2.45, 2.75) is 45.7 Å². The second-order valence-corrected chi connectivity index (χ2v) is 7.56. The van der Waals surface area contributed by atoms with Gasteiger partial charge in [-0.25, -0.2) is 9.78 Å². The van der Waals surface area contributed by atoms with Crippen LogP contribution in [0.1, 0.15) is 52.9 Å². The number of carbonyl (C=O) groups is 1. The van der Waals surface area contributed by atoms with Gasteiger partial charge in [-0.3, -0.25) is 19.1 Å². The standard InChI is InChI=1S/C22H24N4O4/c1-4-26-19-18(21(28)25-22(26)29)15(10-16(24-19)14-7-8-14)20(27)23-11-13-6-5-12(2)17(9-13)30-3/h5-6,9-10,14H,4,7-8,11H2,1-3H3,(H,23,27)(H,25,28,29). The van der Waals surface area contributed by atoms with Crippen LogP contribution in [0, 0.1) is 6.92 Å². The van der Waals surface area contributed by atoms with E-state index in [2.05, 4.69) is 15.3 Å². The maximum absolute atomic E-state index is 13.1. The highest BCUT2D eigenvalue weighted by molar-refractivity contribution is 6.05. The summed E-state index contributed by atoms with van der Waals surface area (Å²) in [5.41, 5.74) is 2.01. The van der Waals surface area contributed by atoms with Crippen LogP contribution >= 0.6 is 0 Å².